The number of aromatic nitrogens is 2. The molecule has 0 bridgehead atoms. The van der Waals surface area contributed by atoms with Crippen molar-refractivity contribution in [1.29, 1.82) is 0 Å². The van der Waals surface area contributed by atoms with Crippen molar-refractivity contribution < 1.29 is 4.79 Å². The van der Waals surface area contributed by atoms with E-state index in [2.05, 4.69) is 25.9 Å². The van der Waals surface area contributed by atoms with Crippen LogP contribution in [0.2, 0.25) is 5.02 Å². The van der Waals surface area contributed by atoms with Crippen LogP contribution in [-0.4, -0.2) is 15.8 Å². The van der Waals surface area contributed by atoms with Crippen LogP contribution in [0.15, 0.2) is 34.4 Å². The molecule has 0 fully saturated rings. The normalized spacial score (nSPS) is 11.0. The molecule has 0 amide bonds. The van der Waals surface area contributed by atoms with Crippen molar-refractivity contribution in [3.8, 4) is 0 Å². The molecule has 0 spiro atoms. The third-order valence-corrected chi connectivity index (χ3v) is 4.74. The van der Waals surface area contributed by atoms with Gasteiger partial charge >= 0.3 is 0 Å². The molecule has 3 nitrogen and oxygen atoms in total. The van der Waals surface area contributed by atoms with Crippen LogP contribution in [-0.2, 0) is 0 Å². The number of aromatic amines is 1. The van der Waals surface area contributed by atoms with E-state index in [0.29, 0.717) is 26.5 Å². The van der Waals surface area contributed by atoms with Crippen LogP contribution in [0.1, 0.15) is 15.2 Å². The van der Waals surface area contributed by atoms with Gasteiger partial charge in [-0.3, -0.25) is 4.79 Å². The molecule has 0 saturated heterocycles. The summed E-state index contributed by atoms with van der Waals surface area (Å²) in [4.78, 5) is 20.2. The molecule has 0 aliphatic rings. The van der Waals surface area contributed by atoms with Crippen molar-refractivity contribution in [2.24, 2.45) is 0 Å². The molecule has 1 N–H and O–H groups in total. The summed E-state index contributed by atoms with van der Waals surface area (Å²) in [6.07, 6.45) is 3.26. The number of nitrogens with one attached hydrogen (secondary N) is 1. The van der Waals surface area contributed by atoms with Crippen LogP contribution >= 0.6 is 38.9 Å². The minimum absolute atomic E-state index is 0.0574. The first kappa shape index (κ1) is 11.9. The van der Waals surface area contributed by atoms with E-state index in [1.54, 1.807) is 18.5 Å². The number of H-pyrrole nitrogens is 1. The van der Waals surface area contributed by atoms with E-state index in [1.807, 2.05) is 11.4 Å². The van der Waals surface area contributed by atoms with Crippen LogP contribution in [0.3, 0.4) is 0 Å². The van der Waals surface area contributed by atoms with Crippen LogP contribution in [0.5, 0.6) is 0 Å². The van der Waals surface area contributed by atoms with Gasteiger partial charge in [-0.1, -0.05) is 11.6 Å². The highest BCUT2D eigenvalue weighted by Gasteiger charge is 2.19. The Morgan fingerprint density at radius 2 is 2.28 bits per heavy atom. The van der Waals surface area contributed by atoms with Crippen LogP contribution in [0.25, 0.3) is 11.0 Å². The maximum absolute atomic E-state index is 12.4. The SMILES string of the molecule is O=C(c1sccc1Br)c1c[nH]c2nccc(Cl)c12. The lowest BCUT2D eigenvalue weighted by Crippen LogP contribution is -1.98. The maximum atomic E-state index is 12.4. The Kier molecular flexibility index (Phi) is 2.97. The minimum Gasteiger partial charge on any atom is -0.345 e. The number of carbonyl (C=O) groups excluding carboxylic acids is 1. The Morgan fingerprint density at radius 3 is 3.00 bits per heavy atom. The molecule has 0 unspecified atom stereocenters. The smallest absolute Gasteiger partial charge is 0.206 e. The number of hydrogen-bond donors (Lipinski definition) is 1. The molecule has 18 heavy (non-hydrogen) atoms. The molecular formula is C12H6BrClN2OS. The molecule has 3 aromatic rings. The Morgan fingerprint density at radius 1 is 1.44 bits per heavy atom. The average Bonchev–Trinajstić information content (AvgIpc) is 2.95. The third-order valence-electron chi connectivity index (χ3n) is 2.59. The number of nitrogens with zero attached hydrogens (tertiary/aromatic N) is 1. The fourth-order valence-corrected chi connectivity index (χ4v) is 3.53. The average molecular weight is 342 g/mol. The van der Waals surface area contributed by atoms with Gasteiger partial charge in [0.25, 0.3) is 0 Å². The second kappa shape index (κ2) is 4.50. The van der Waals surface area contributed by atoms with E-state index in [0.717, 1.165) is 4.47 Å². The zero-order valence-corrected chi connectivity index (χ0v) is 12.1. The molecule has 3 heterocycles. The first-order valence-electron chi connectivity index (χ1n) is 5.08. The second-order valence-electron chi connectivity index (χ2n) is 3.65. The zero-order chi connectivity index (χ0) is 12.7. The van der Waals surface area contributed by atoms with Gasteiger partial charge in [0.15, 0.2) is 0 Å². The standard InChI is InChI=1S/C12H6BrClN2OS/c13-7-2-4-18-11(7)10(17)6-5-16-12-9(6)8(14)1-3-15-12/h1-5H,(H,15,16). The number of hydrogen-bond acceptors (Lipinski definition) is 3. The van der Waals surface area contributed by atoms with E-state index >= 15 is 0 Å². The van der Waals surface area contributed by atoms with E-state index in [-0.39, 0.29) is 5.78 Å². The van der Waals surface area contributed by atoms with Gasteiger partial charge in [0.05, 0.1) is 15.5 Å². The molecule has 0 atom stereocenters. The van der Waals surface area contributed by atoms with Gasteiger partial charge in [-0.05, 0) is 33.4 Å². The van der Waals surface area contributed by atoms with Crippen molar-refractivity contribution in [2.75, 3.05) is 0 Å². The lowest BCUT2D eigenvalue weighted by molar-refractivity contribution is 0.104. The number of fused-ring (bicyclic) bond motifs is 1. The number of ketones is 1. The highest BCUT2D eigenvalue weighted by molar-refractivity contribution is 9.10. The van der Waals surface area contributed by atoms with Crippen molar-refractivity contribution in [3.05, 3.63) is 49.8 Å². The maximum Gasteiger partial charge on any atom is 0.206 e. The largest absolute Gasteiger partial charge is 0.345 e. The van der Waals surface area contributed by atoms with Gasteiger partial charge in [-0.2, -0.15) is 0 Å². The second-order valence-corrected chi connectivity index (χ2v) is 5.82. The molecule has 3 aromatic heterocycles. The van der Waals surface area contributed by atoms with E-state index in [9.17, 15) is 4.79 Å². The van der Waals surface area contributed by atoms with Crippen molar-refractivity contribution in [2.45, 2.75) is 0 Å². The predicted molar refractivity (Wildman–Crippen MR) is 76.6 cm³/mol. The van der Waals surface area contributed by atoms with E-state index < -0.39 is 0 Å². The first-order chi connectivity index (χ1) is 8.68. The Balaban J connectivity index is 2.22. The summed E-state index contributed by atoms with van der Waals surface area (Å²) >= 11 is 10.9. The van der Waals surface area contributed by atoms with Gasteiger partial charge in [-0.15, -0.1) is 11.3 Å². The van der Waals surface area contributed by atoms with Gasteiger partial charge in [0.2, 0.25) is 5.78 Å². The van der Waals surface area contributed by atoms with Crippen molar-refractivity contribution in [1.82, 2.24) is 9.97 Å². The molecular weight excluding hydrogens is 336 g/mol. The van der Waals surface area contributed by atoms with Crippen molar-refractivity contribution in [3.63, 3.8) is 0 Å². The summed E-state index contributed by atoms with van der Waals surface area (Å²) in [5, 5.41) is 3.06. The summed E-state index contributed by atoms with van der Waals surface area (Å²) in [5.41, 5.74) is 1.17. The number of rotatable bonds is 2. The molecule has 3 rings (SSSR count). The van der Waals surface area contributed by atoms with Gasteiger partial charge in [0.1, 0.15) is 5.65 Å². The lowest BCUT2D eigenvalue weighted by atomic mass is 10.1. The Bertz CT molecular complexity index is 749. The summed E-state index contributed by atoms with van der Waals surface area (Å²) < 4.78 is 0.798. The highest BCUT2D eigenvalue weighted by atomic mass is 79.9. The molecule has 90 valence electrons. The quantitative estimate of drug-likeness (QED) is 0.707. The summed E-state index contributed by atoms with van der Waals surface area (Å²) in [6, 6.07) is 3.53. The van der Waals surface area contributed by atoms with Crippen molar-refractivity contribution >= 4 is 55.7 Å². The van der Waals surface area contributed by atoms with E-state index in [1.165, 1.54) is 11.3 Å². The Labute approximate surface area is 120 Å². The first-order valence-corrected chi connectivity index (χ1v) is 7.13. The lowest BCUT2D eigenvalue weighted by Gasteiger charge is -1.99. The fourth-order valence-electron chi connectivity index (χ4n) is 1.77. The van der Waals surface area contributed by atoms with Crippen LogP contribution in [0, 0.1) is 0 Å². The van der Waals surface area contributed by atoms with Crippen LogP contribution < -0.4 is 0 Å². The monoisotopic (exact) mass is 340 g/mol. The van der Waals surface area contributed by atoms with Gasteiger partial charge in [-0.25, -0.2) is 4.98 Å². The van der Waals surface area contributed by atoms with Crippen LogP contribution in [0.4, 0.5) is 0 Å². The molecule has 0 aliphatic carbocycles. The fraction of sp³-hybridized carbons (Fsp3) is 0. The molecule has 0 aliphatic heterocycles. The molecule has 0 saturated carbocycles. The predicted octanol–water partition coefficient (Wildman–Crippen LogP) is 4.27. The summed E-state index contributed by atoms with van der Waals surface area (Å²) in [5.74, 6) is -0.0574. The summed E-state index contributed by atoms with van der Waals surface area (Å²) in [7, 11) is 0. The Hall–Kier alpha value is -1.17. The third kappa shape index (κ3) is 1.79. The zero-order valence-electron chi connectivity index (χ0n) is 8.91. The van der Waals surface area contributed by atoms with E-state index in [4.69, 9.17) is 11.6 Å². The number of halogens is 2. The topological polar surface area (TPSA) is 45.8 Å². The molecule has 0 radical (unpaired) electrons. The summed E-state index contributed by atoms with van der Waals surface area (Å²) in [6.45, 7) is 0. The number of pyridine rings is 1. The minimum atomic E-state index is -0.0574. The van der Waals surface area contributed by atoms with Gasteiger partial charge in [0, 0.05) is 22.3 Å². The number of carbonyl (C=O) groups is 1. The highest BCUT2D eigenvalue weighted by Crippen LogP contribution is 2.30. The molecule has 6 heteroatoms. The number of thiophene rings is 1. The molecule has 0 aromatic carbocycles. The van der Waals surface area contributed by atoms with Gasteiger partial charge < -0.3 is 4.98 Å².